The van der Waals surface area contributed by atoms with Crippen molar-refractivity contribution in [3.63, 3.8) is 0 Å². The molecule has 6 atom stereocenters. The van der Waals surface area contributed by atoms with Crippen molar-refractivity contribution < 1.29 is 0 Å². The smallest absolute Gasteiger partial charge is 0.0706 e. The highest BCUT2D eigenvalue weighted by Crippen LogP contribution is 2.67. The third-order valence-electron chi connectivity index (χ3n) is 11.9. The molecule has 214 valence electrons. The normalized spacial score (nSPS) is 32.8. The Morgan fingerprint density at radius 3 is 1.74 bits per heavy atom. The first-order valence-electron chi connectivity index (χ1n) is 15.8. The quantitative estimate of drug-likeness (QED) is 0.192. The van der Waals surface area contributed by atoms with Crippen molar-refractivity contribution in [3.8, 4) is 0 Å². The Bertz CT molecular complexity index is 2050. The van der Waals surface area contributed by atoms with Crippen molar-refractivity contribution in [3.05, 3.63) is 104 Å². The first-order chi connectivity index (χ1) is 20.7. The van der Waals surface area contributed by atoms with Gasteiger partial charge in [-0.2, -0.15) is 0 Å². The molecule has 6 aliphatic carbocycles. The summed E-state index contributed by atoms with van der Waals surface area (Å²) in [5.41, 5.74) is 8.02. The zero-order valence-electron chi connectivity index (χ0n) is 25.0. The minimum atomic E-state index is 0.285. The van der Waals surface area contributed by atoms with Gasteiger partial charge in [0.05, 0.1) is 8.47 Å². The summed E-state index contributed by atoms with van der Waals surface area (Å²) in [5.74, 6) is 3.78. The average molecular weight is 631 g/mol. The summed E-state index contributed by atoms with van der Waals surface area (Å²) in [6, 6.07) is 19.9. The van der Waals surface area contributed by atoms with Crippen LogP contribution in [0.15, 0.2) is 101 Å². The molecule has 1 saturated carbocycles. The number of hydrogen-bond acceptors (Lipinski definition) is 4. The van der Waals surface area contributed by atoms with Crippen molar-refractivity contribution in [1.82, 2.24) is 0 Å². The molecule has 0 saturated heterocycles. The van der Waals surface area contributed by atoms with Crippen LogP contribution in [-0.4, -0.2) is 0 Å². The molecule has 0 radical (unpaired) electrons. The molecule has 0 spiro atoms. The summed E-state index contributed by atoms with van der Waals surface area (Å²) in [6.07, 6.45) is 7.58. The van der Waals surface area contributed by atoms with Crippen LogP contribution in [0.25, 0.3) is 21.5 Å². The molecule has 12 rings (SSSR count). The standard InChI is InChI=1S/C39H34S4/c1-18(2)27-8-21-6-7-26(27)30-11-24-15-35-34(14-23(24)10-29(21)30)41-38(42-35)37-40-33-13-22-9-28-19(3)39(5)17-32(20(39)4)31(28)12-25(22)16-36(33)43-37/h6-7,9-16,18-19,21,26-27,32H,4,8,17H2,1-3,5H3/b38-37-. The van der Waals surface area contributed by atoms with Crippen molar-refractivity contribution in [2.75, 3.05) is 0 Å². The second kappa shape index (κ2) is 8.84. The van der Waals surface area contributed by atoms with Gasteiger partial charge in [0.2, 0.25) is 0 Å². The molecule has 2 heterocycles. The number of benzene rings is 4. The van der Waals surface area contributed by atoms with E-state index in [0.717, 1.165) is 11.8 Å². The lowest BCUT2D eigenvalue weighted by Crippen LogP contribution is -2.45. The van der Waals surface area contributed by atoms with E-state index < -0.39 is 0 Å². The highest BCUT2D eigenvalue weighted by atomic mass is 32.2. The molecule has 6 unspecified atom stereocenters. The molecule has 4 aromatic rings. The summed E-state index contributed by atoms with van der Waals surface area (Å²) >= 11 is 7.93. The second-order valence-electron chi connectivity index (χ2n) is 14.3. The Balaban J connectivity index is 0.984. The maximum absolute atomic E-state index is 4.51. The third kappa shape index (κ3) is 3.53. The van der Waals surface area contributed by atoms with Crippen LogP contribution >= 0.6 is 47.0 Å². The van der Waals surface area contributed by atoms with Crippen molar-refractivity contribution in [2.45, 2.75) is 83.8 Å². The fraction of sp³-hybridized carbons (Fsp3) is 0.333. The van der Waals surface area contributed by atoms with Crippen LogP contribution in [0.5, 0.6) is 0 Å². The fourth-order valence-corrected chi connectivity index (χ4v) is 14.5. The van der Waals surface area contributed by atoms with E-state index in [1.807, 2.05) is 47.0 Å². The number of allylic oxidation sites excluding steroid dienone is 3. The van der Waals surface area contributed by atoms with Crippen LogP contribution in [0.2, 0.25) is 0 Å². The zero-order valence-corrected chi connectivity index (χ0v) is 28.3. The largest absolute Gasteiger partial charge is 0.0987 e. The van der Waals surface area contributed by atoms with Crippen LogP contribution in [0, 0.1) is 17.3 Å². The van der Waals surface area contributed by atoms with Gasteiger partial charge >= 0.3 is 0 Å². The SMILES string of the molecule is C=C1C2CC1(C)C(C)c1cc3cc4c(cc3cc12)S/C(=C1/Sc2cc3cc5c(cc3cc2S1)C1C=CC5CC1C(C)C)S4. The summed E-state index contributed by atoms with van der Waals surface area (Å²) in [7, 11) is 0. The van der Waals surface area contributed by atoms with Crippen LogP contribution in [-0.2, 0) is 0 Å². The molecule has 0 nitrogen and oxygen atoms in total. The molecule has 0 aromatic heterocycles. The van der Waals surface area contributed by atoms with E-state index in [1.54, 1.807) is 16.7 Å². The summed E-state index contributed by atoms with van der Waals surface area (Å²) in [4.78, 5) is 5.68. The second-order valence-corrected chi connectivity index (χ2v) is 19.0. The Kier molecular flexibility index (Phi) is 5.40. The zero-order chi connectivity index (χ0) is 28.9. The van der Waals surface area contributed by atoms with Gasteiger partial charge in [-0.1, -0.05) is 123 Å². The van der Waals surface area contributed by atoms with Gasteiger partial charge in [-0.3, -0.25) is 0 Å². The minimum absolute atomic E-state index is 0.285. The first-order valence-corrected chi connectivity index (χ1v) is 19.1. The van der Waals surface area contributed by atoms with Crippen molar-refractivity contribution >= 4 is 68.6 Å². The van der Waals surface area contributed by atoms with Crippen molar-refractivity contribution in [2.24, 2.45) is 17.3 Å². The molecule has 4 bridgehead atoms. The van der Waals surface area contributed by atoms with Gasteiger partial charge in [0, 0.05) is 37.3 Å². The van der Waals surface area contributed by atoms with Crippen LogP contribution < -0.4 is 0 Å². The van der Waals surface area contributed by atoms with Crippen LogP contribution in [0.4, 0.5) is 0 Å². The van der Waals surface area contributed by atoms with Gasteiger partial charge < -0.3 is 0 Å². The number of hydrogen-bond donors (Lipinski definition) is 0. The van der Waals surface area contributed by atoms with Gasteiger partial charge in [-0.15, -0.1) is 0 Å². The highest BCUT2D eigenvalue weighted by Gasteiger charge is 2.53. The van der Waals surface area contributed by atoms with Gasteiger partial charge in [-0.25, -0.2) is 0 Å². The van der Waals surface area contributed by atoms with Gasteiger partial charge in [0.1, 0.15) is 0 Å². The van der Waals surface area contributed by atoms with E-state index >= 15 is 0 Å². The van der Waals surface area contributed by atoms with E-state index in [1.165, 1.54) is 73.6 Å². The number of fused-ring (bicyclic) bond motifs is 5. The summed E-state index contributed by atoms with van der Waals surface area (Å²) in [5, 5.41) is 5.61. The average Bonchev–Trinajstić information content (AvgIpc) is 3.62. The maximum Gasteiger partial charge on any atom is 0.0706 e. The van der Waals surface area contributed by atoms with Crippen molar-refractivity contribution in [1.29, 1.82) is 0 Å². The lowest BCUT2D eigenvalue weighted by Gasteiger charge is -2.57. The predicted octanol–water partition coefficient (Wildman–Crippen LogP) is 12.8. The Labute approximate surface area is 271 Å². The fourth-order valence-electron chi connectivity index (χ4n) is 9.11. The summed E-state index contributed by atoms with van der Waals surface area (Å²) < 4.78 is 2.90. The monoisotopic (exact) mass is 630 g/mol. The predicted molar refractivity (Wildman–Crippen MR) is 189 cm³/mol. The minimum Gasteiger partial charge on any atom is -0.0987 e. The lowest BCUT2D eigenvalue weighted by molar-refractivity contribution is 0.172. The molecule has 2 aliphatic heterocycles. The third-order valence-corrected chi connectivity index (χ3v) is 17.5. The van der Waals surface area contributed by atoms with Gasteiger partial charge in [0.15, 0.2) is 0 Å². The van der Waals surface area contributed by atoms with Crippen LogP contribution in [0.3, 0.4) is 0 Å². The lowest BCUT2D eigenvalue weighted by atomic mass is 9.46. The Morgan fingerprint density at radius 2 is 1.21 bits per heavy atom. The molecule has 4 heteroatoms. The molecule has 0 amide bonds. The molecule has 8 aliphatic rings. The van der Waals surface area contributed by atoms with Gasteiger partial charge in [0.25, 0.3) is 0 Å². The Hall–Kier alpha value is -1.98. The topological polar surface area (TPSA) is 0 Å². The molecular weight excluding hydrogens is 597 g/mol. The van der Waals surface area contributed by atoms with Gasteiger partial charge in [-0.05, 0) is 104 Å². The van der Waals surface area contributed by atoms with E-state index in [2.05, 4.69) is 95.0 Å². The molecule has 43 heavy (non-hydrogen) atoms. The summed E-state index contributed by atoms with van der Waals surface area (Å²) in [6.45, 7) is 14.2. The van der Waals surface area contributed by atoms with E-state index in [4.69, 9.17) is 0 Å². The number of rotatable bonds is 1. The molecular formula is C39H34S4. The van der Waals surface area contributed by atoms with E-state index in [-0.39, 0.29) is 5.41 Å². The number of thioether (sulfide) groups is 4. The molecule has 1 fully saturated rings. The maximum atomic E-state index is 4.51. The first kappa shape index (κ1) is 26.3. The highest BCUT2D eigenvalue weighted by molar-refractivity contribution is 8.30. The van der Waals surface area contributed by atoms with Crippen LogP contribution in [0.1, 0.15) is 86.5 Å². The van der Waals surface area contributed by atoms with E-state index in [0.29, 0.717) is 23.7 Å². The molecule has 4 aromatic carbocycles. The Morgan fingerprint density at radius 1 is 0.698 bits per heavy atom. The van der Waals surface area contributed by atoms with E-state index in [9.17, 15) is 0 Å². The molecule has 0 N–H and O–H groups in total.